The number of aliphatic hydroxyl groups excluding tert-OH is 1. The molecular formula is C10H17NO4. The van der Waals surface area contributed by atoms with Crippen LogP contribution in [0, 0.1) is 0 Å². The van der Waals surface area contributed by atoms with Crippen LogP contribution in [0.3, 0.4) is 0 Å². The smallest absolute Gasteiger partial charge is 0.410 e. The minimum absolute atomic E-state index is 0.00117. The van der Waals surface area contributed by atoms with Crippen LogP contribution in [0.4, 0.5) is 4.79 Å². The van der Waals surface area contributed by atoms with Crippen molar-refractivity contribution in [2.75, 3.05) is 13.1 Å². The highest BCUT2D eigenvalue weighted by Crippen LogP contribution is 2.31. The van der Waals surface area contributed by atoms with Gasteiger partial charge in [-0.25, -0.2) is 4.79 Å². The van der Waals surface area contributed by atoms with Crippen molar-refractivity contribution in [1.82, 2.24) is 4.90 Å². The topological polar surface area (TPSA) is 62.3 Å². The first kappa shape index (κ1) is 10.7. The van der Waals surface area contributed by atoms with E-state index in [1.54, 1.807) is 0 Å². The van der Waals surface area contributed by atoms with Gasteiger partial charge in [0, 0.05) is 0 Å². The molecular weight excluding hydrogens is 198 g/mol. The van der Waals surface area contributed by atoms with Crippen molar-refractivity contribution in [3.05, 3.63) is 0 Å². The maximum Gasteiger partial charge on any atom is 0.410 e. The number of carbonyl (C=O) groups excluding carboxylic acids is 1. The highest BCUT2D eigenvalue weighted by molar-refractivity contribution is 5.68. The van der Waals surface area contributed by atoms with Gasteiger partial charge in [0.25, 0.3) is 0 Å². The number of rotatable bonds is 0. The fraction of sp³-hybridized carbons (Fsp3) is 0.900. The molecule has 0 aliphatic carbocycles. The van der Waals surface area contributed by atoms with Crippen molar-refractivity contribution < 1.29 is 19.4 Å². The summed E-state index contributed by atoms with van der Waals surface area (Å²) >= 11 is 0. The lowest BCUT2D eigenvalue weighted by Gasteiger charge is -2.30. The average Bonchev–Trinajstić information content (AvgIpc) is 2.79. The van der Waals surface area contributed by atoms with Gasteiger partial charge in [0.2, 0.25) is 0 Å². The van der Waals surface area contributed by atoms with Gasteiger partial charge >= 0.3 is 6.09 Å². The lowest BCUT2D eigenvalue weighted by Crippen LogP contribution is -2.48. The Morgan fingerprint density at radius 1 is 1.47 bits per heavy atom. The van der Waals surface area contributed by atoms with E-state index in [1.807, 2.05) is 20.8 Å². The van der Waals surface area contributed by atoms with Gasteiger partial charge in [-0.2, -0.15) is 0 Å². The first-order valence-corrected chi connectivity index (χ1v) is 5.18. The van der Waals surface area contributed by atoms with E-state index in [9.17, 15) is 9.90 Å². The van der Waals surface area contributed by atoms with Crippen LogP contribution in [0.15, 0.2) is 0 Å². The zero-order valence-corrected chi connectivity index (χ0v) is 9.27. The van der Waals surface area contributed by atoms with Gasteiger partial charge in [-0.15, -0.1) is 0 Å². The molecule has 2 rings (SSSR count). The maximum atomic E-state index is 11.7. The number of likely N-dealkylation sites (tertiary alicyclic amines) is 1. The molecule has 0 aromatic heterocycles. The van der Waals surface area contributed by atoms with Crippen LogP contribution >= 0.6 is 0 Å². The van der Waals surface area contributed by atoms with E-state index < -0.39 is 11.7 Å². The van der Waals surface area contributed by atoms with Gasteiger partial charge in [0.1, 0.15) is 23.9 Å². The number of fused-ring (bicyclic) bond motifs is 1. The van der Waals surface area contributed by atoms with Gasteiger partial charge < -0.3 is 19.5 Å². The fourth-order valence-electron chi connectivity index (χ4n) is 1.74. The molecule has 0 saturated carbocycles. The molecule has 2 saturated heterocycles. The molecule has 2 heterocycles. The molecule has 0 aromatic rings. The highest BCUT2D eigenvalue weighted by atomic mass is 16.6. The molecule has 2 fully saturated rings. The third-order valence-corrected chi connectivity index (χ3v) is 2.46. The van der Waals surface area contributed by atoms with Crippen LogP contribution in [0.1, 0.15) is 20.8 Å². The lowest BCUT2D eigenvalue weighted by molar-refractivity contribution is 0.00909. The van der Waals surface area contributed by atoms with Gasteiger partial charge in [-0.3, -0.25) is 0 Å². The molecule has 0 bridgehead atoms. The summed E-state index contributed by atoms with van der Waals surface area (Å²) in [5.74, 6) is 0. The number of carbonyl (C=O) groups is 1. The lowest BCUT2D eigenvalue weighted by atomic mass is 10.1. The number of hydrogen-bond donors (Lipinski definition) is 1. The summed E-state index contributed by atoms with van der Waals surface area (Å²) in [6.45, 7) is 6.29. The highest BCUT2D eigenvalue weighted by Gasteiger charge is 2.51. The number of aliphatic hydroxyl groups is 1. The van der Waals surface area contributed by atoms with Crippen molar-refractivity contribution in [2.24, 2.45) is 0 Å². The van der Waals surface area contributed by atoms with Crippen molar-refractivity contribution >= 4 is 6.09 Å². The molecule has 2 aliphatic heterocycles. The summed E-state index contributed by atoms with van der Waals surface area (Å²) in [5.41, 5.74) is -0.497. The predicted molar refractivity (Wildman–Crippen MR) is 52.5 cm³/mol. The molecule has 15 heavy (non-hydrogen) atoms. The quantitative estimate of drug-likeness (QED) is 0.593. The van der Waals surface area contributed by atoms with Gasteiger partial charge in [0.05, 0.1) is 13.1 Å². The largest absolute Gasteiger partial charge is 0.444 e. The number of amides is 1. The molecule has 0 aromatic carbocycles. The number of piperidine rings is 1. The first-order chi connectivity index (χ1) is 6.87. The van der Waals surface area contributed by atoms with Gasteiger partial charge in [-0.05, 0) is 20.8 Å². The predicted octanol–water partition coefficient (Wildman–Crippen LogP) is 0.365. The summed E-state index contributed by atoms with van der Waals surface area (Å²) in [6.07, 6.45) is -1.02. The minimum Gasteiger partial charge on any atom is -0.444 e. The molecule has 1 amide bonds. The zero-order valence-electron chi connectivity index (χ0n) is 9.27. The first-order valence-electron chi connectivity index (χ1n) is 5.18. The number of nitrogens with zero attached hydrogens (tertiary/aromatic N) is 1. The number of β-amino-alcohol motifs (C(OH)–C–C–N with tert-alkyl or cyclic N) is 1. The fourth-order valence-corrected chi connectivity index (χ4v) is 1.74. The van der Waals surface area contributed by atoms with E-state index >= 15 is 0 Å². The summed E-state index contributed by atoms with van der Waals surface area (Å²) in [7, 11) is 0. The third-order valence-electron chi connectivity index (χ3n) is 2.46. The molecule has 2 aliphatic rings. The standard InChI is InChI=1S/C10H17NO4/c1-10(2,3)15-9(13)11-4-6(12)8-7(5-11)14-8/h6-8,12H,4-5H2,1-3H3/t6-,7-,8+/m0/s1. The molecule has 5 nitrogen and oxygen atoms in total. The van der Waals surface area contributed by atoms with E-state index in [0.717, 1.165) is 0 Å². The summed E-state index contributed by atoms with van der Waals surface area (Å²) in [5, 5.41) is 9.56. The van der Waals surface area contributed by atoms with Crippen LogP contribution < -0.4 is 0 Å². The van der Waals surface area contributed by atoms with Crippen molar-refractivity contribution in [2.45, 2.75) is 44.7 Å². The molecule has 86 valence electrons. The normalized spacial score (nSPS) is 34.7. The Hall–Kier alpha value is -0.810. The Bertz CT molecular complexity index is 273. The number of hydrogen-bond acceptors (Lipinski definition) is 4. The summed E-state index contributed by atoms with van der Waals surface area (Å²) in [6, 6.07) is 0. The molecule has 0 spiro atoms. The summed E-state index contributed by atoms with van der Waals surface area (Å²) < 4.78 is 10.4. The Morgan fingerprint density at radius 3 is 2.67 bits per heavy atom. The van der Waals surface area contributed by atoms with E-state index in [2.05, 4.69) is 0 Å². The molecule has 3 atom stereocenters. The van der Waals surface area contributed by atoms with Crippen molar-refractivity contribution in [1.29, 1.82) is 0 Å². The van der Waals surface area contributed by atoms with E-state index in [4.69, 9.17) is 9.47 Å². The van der Waals surface area contributed by atoms with E-state index in [0.29, 0.717) is 13.1 Å². The van der Waals surface area contributed by atoms with Gasteiger partial charge in [-0.1, -0.05) is 0 Å². The Balaban J connectivity index is 1.90. The zero-order chi connectivity index (χ0) is 11.2. The van der Waals surface area contributed by atoms with Crippen molar-refractivity contribution in [3.8, 4) is 0 Å². The Labute approximate surface area is 89.0 Å². The van der Waals surface area contributed by atoms with Crippen LogP contribution in [-0.4, -0.2) is 53.1 Å². The van der Waals surface area contributed by atoms with E-state index in [-0.39, 0.29) is 18.3 Å². The number of epoxide rings is 1. The maximum absolute atomic E-state index is 11.7. The van der Waals surface area contributed by atoms with Crippen LogP contribution in [-0.2, 0) is 9.47 Å². The monoisotopic (exact) mass is 215 g/mol. The van der Waals surface area contributed by atoms with Crippen LogP contribution in [0.25, 0.3) is 0 Å². The molecule has 0 unspecified atom stereocenters. The molecule has 5 heteroatoms. The van der Waals surface area contributed by atoms with Crippen LogP contribution in [0.2, 0.25) is 0 Å². The van der Waals surface area contributed by atoms with Gasteiger partial charge in [0.15, 0.2) is 0 Å². The summed E-state index contributed by atoms with van der Waals surface area (Å²) in [4.78, 5) is 13.2. The van der Waals surface area contributed by atoms with Crippen molar-refractivity contribution in [3.63, 3.8) is 0 Å². The SMILES string of the molecule is CC(C)(C)OC(=O)N1C[C@@H]2O[C@@H]2[C@@H](O)C1. The molecule has 1 N–H and O–H groups in total. The Kier molecular flexibility index (Phi) is 2.39. The minimum atomic E-state index is -0.573. The third kappa shape index (κ3) is 2.41. The second kappa shape index (κ2) is 3.35. The average molecular weight is 215 g/mol. The second-order valence-corrected chi connectivity index (χ2v) is 5.09. The second-order valence-electron chi connectivity index (χ2n) is 5.09. The number of ether oxygens (including phenoxy) is 2. The van der Waals surface area contributed by atoms with E-state index in [1.165, 1.54) is 4.90 Å². The molecule has 0 radical (unpaired) electrons. The Morgan fingerprint density at radius 2 is 2.13 bits per heavy atom. The van der Waals surface area contributed by atoms with Crippen LogP contribution in [0.5, 0.6) is 0 Å².